The van der Waals surface area contributed by atoms with Crippen LogP contribution in [-0.2, 0) is 19.1 Å². The number of aliphatic hydroxyl groups is 2. The normalized spacial score (nSPS) is 13.4. The maximum absolute atomic E-state index is 13.0. The van der Waals surface area contributed by atoms with Crippen molar-refractivity contribution in [3.63, 3.8) is 0 Å². The Morgan fingerprint density at radius 2 is 0.944 bits per heavy atom. The fourth-order valence-electron chi connectivity index (χ4n) is 7.48. The number of Topliss-reactive ketones (excluding diaryl/α,β-unsaturated/α-hetero) is 1. The third-order valence-corrected chi connectivity index (χ3v) is 11.2. The second-order valence-corrected chi connectivity index (χ2v) is 16.5. The van der Waals surface area contributed by atoms with Gasteiger partial charge in [0.25, 0.3) is 0 Å². The van der Waals surface area contributed by atoms with E-state index in [4.69, 9.17) is 9.47 Å². The molecule has 0 aliphatic heterocycles. The van der Waals surface area contributed by atoms with Crippen molar-refractivity contribution in [2.45, 2.75) is 233 Å². The zero-order chi connectivity index (χ0) is 39.7. The van der Waals surface area contributed by atoms with Gasteiger partial charge in [0, 0.05) is 25.5 Å². The Bertz CT molecular complexity index is 794. The summed E-state index contributed by atoms with van der Waals surface area (Å²) in [7, 11) is 0. The number of hydrogen-bond acceptors (Lipinski definition) is 7. The Kier molecular flexibility index (Phi) is 40.8. The fraction of sp³-hybridized carbons (Fsp3) is 0.957. The number of aliphatic hydroxyl groups excluding tert-OH is 2. The van der Waals surface area contributed by atoms with E-state index in [1.165, 1.54) is 89.9 Å². The molecule has 0 radical (unpaired) electrons. The van der Waals surface area contributed by atoms with Gasteiger partial charge in [0.1, 0.15) is 5.78 Å². The van der Waals surface area contributed by atoms with E-state index in [2.05, 4.69) is 32.6 Å². The summed E-state index contributed by atoms with van der Waals surface area (Å²) in [5.74, 6) is 0.561. The molecule has 2 N–H and O–H groups in total. The highest BCUT2D eigenvalue weighted by Gasteiger charge is 2.20. The number of unbranched alkanes of at least 4 members (excludes halogenated alkanes) is 21. The molecular formula is C47H93NO6. The van der Waals surface area contributed by atoms with Crippen LogP contribution in [0.4, 0.5) is 0 Å². The molecule has 54 heavy (non-hydrogen) atoms. The van der Waals surface area contributed by atoms with Gasteiger partial charge in [0.2, 0.25) is 0 Å². The first-order valence-corrected chi connectivity index (χ1v) is 23.7. The van der Waals surface area contributed by atoms with E-state index < -0.39 is 6.10 Å². The maximum Gasteiger partial charge on any atom is 0.308 e. The summed E-state index contributed by atoms with van der Waals surface area (Å²) < 4.78 is 11.9. The highest BCUT2D eigenvalue weighted by atomic mass is 16.5. The van der Waals surface area contributed by atoms with E-state index in [1.54, 1.807) is 0 Å². The van der Waals surface area contributed by atoms with E-state index in [9.17, 15) is 19.8 Å². The summed E-state index contributed by atoms with van der Waals surface area (Å²) >= 11 is 0. The van der Waals surface area contributed by atoms with Crippen LogP contribution < -0.4 is 0 Å². The minimum absolute atomic E-state index is 0.0244. The number of ketones is 1. The third-order valence-electron chi connectivity index (χ3n) is 11.2. The van der Waals surface area contributed by atoms with Crippen molar-refractivity contribution >= 4 is 11.8 Å². The predicted octanol–water partition coefficient (Wildman–Crippen LogP) is 12.2. The van der Waals surface area contributed by atoms with Gasteiger partial charge in [0.05, 0.1) is 31.8 Å². The van der Waals surface area contributed by atoms with Gasteiger partial charge < -0.3 is 24.6 Å². The van der Waals surface area contributed by atoms with Crippen LogP contribution in [-0.4, -0.2) is 79.0 Å². The first kappa shape index (κ1) is 53.0. The average molecular weight is 768 g/mol. The van der Waals surface area contributed by atoms with E-state index in [-0.39, 0.29) is 24.4 Å². The molecule has 0 spiro atoms. The summed E-state index contributed by atoms with van der Waals surface area (Å²) in [4.78, 5) is 28.2. The lowest BCUT2D eigenvalue weighted by atomic mass is 9.93. The van der Waals surface area contributed by atoms with Gasteiger partial charge in [0.15, 0.2) is 0 Å². The molecule has 0 saturated heterocycles. The van der Waals surface area contributed by atoms with E-state index in [0.29, 0.717) is 32.0 Å². The topological polar surface area (TPSA) is 96.3 Å². The molecule has 0 amide bonds. The van der Waals surface area contributed by atoms with Crippen LogP contribution in [0.3, 0.4) is 0 Å². The van der Waals surface area contributed by atoms with Crippen molar-refractivity contribution in [3.8, 4) is 0 Å². The van der Waals surface area contributed by atoms with Crippen molar-refractivity contribution in [1.82, 2.24) is 4.90 Å². The molecule has 0 fully saturated rings. The molecule has 0 aliphatic carbocycles. The zero-order valence-electron chi connectivity index (χ0n) is 36.6. The molecule has 0 rings (SSSR count). The zero-order valence-corrected chi connectivity index (χ0v) is 36.6. The van der Waals surface area contributed by atoms with E-state index in [0.717, 1.165) is 122 Å². The Labute approximate surface area is 335 Å². The third kappa shape index (κ3) is 34.2. The van der Waals surface area contributed by atoms with Crippen LogP contribution in [0.25, 0.3) is 0 Å². The lowest BCUT2D eigenvalue weighted by Gasteiger charge is -2.24. The molecule has 0 aromatic heterocycles. The lowest BCUT2D eigenvalue weighted by molar-refractivity contribution is -0.149. The minimum atomic E-state index is -0.710. The molecule has 0 aliphatic rings. The van der Waals surface area contributed by atoms with E-state index >= 15 is 0 Å². The molecule has 0 heterocycles. The second-order valence-electron chi connectivity index (χ2n) is 16.5. The van der Waals surface area contributed by atoms with Gasteiger partial charge in [-0.05, 0) is 64.5 Å². The number of nitrogens with zero attached hydrogens (tertiary/aromatic N) is 1. The largest absolute Gasteiger partial charge is 0.465 e. The average Bonchev–Trinajstić information content (AvgIpc) is 3.17. The lowest BCUT2D eigenvalue weighted by Crippen LogP contribution is -2.35. The van der Waals surface area contributed by atoms with Gasteiger partial charge in [-0.1, -0.05) is 169 Å². The molecular weight excluding hydrogens is 675 g/mol. The van der Waals surface area contributed by atoms with Crippen molar-refractivity contribution in [1.29, 1.82) is 0 Å². The summed E-state index contributed by atoms with van der Waals surface area (Å²) in [6.07, 6.45) is 34.3. The summed E-state index contributed by atoms with van der Waals surface area (Å²) in [6, 6.07) is 0. The smallest absolute Gasteiger partial charge is 0.308 e. The maximum atomic E-state index is 13.0. The predicted molar refractivity (Wildman–Crippen MR) is 229 cm³/mol. The number of hydrogen-bond donors (Lipinski definition) is 2. The fourth-order valence-corrected chi connectivity index (χ4v) is 7.48. The summed E-state index contributed by atoms with van der Waals surface area (Å²) in [5.41, 5.74) is 0. The van der Waals surface area contributed by atoms with E-state index in [1.807, 2.05) is 0 Å². The first-order valence-electron chi connectivity index (χ1n) is 23.7. The van der Waals surface area contributed by atoms with Crippen molar-refractivity contribution in [2.24, 2.45) is 11.8 Å². The standard InChI is InChI=1S/C47H93NO6/c1-5-9-13-17-19-26-33-43(32-24-15-11-7-3)47(52)54-39-31-23-21-29-37-48(40-45(50)41-49)36-28-20-22-30-38-53-42-44(34-25-16-12-8-4)46(51)35-27-18-14-10-6-2/h43-45,49-50H,5-42H2,1-4H3. The Morgan fingerprint density at radius 3 is 1.48 bits per heavy atom. The highest BCUT2D eigenvalue weighted by Crippen LogP contribution is 2.21. The number of esters is 1. The molecule has 0 bridgehead atoms. The molecule has 3 unspecified atom stereocenters. The SMILES string of the molecule is CCCCCCCCC(CCCCCC)C(=O)OCCCCCCN(CCCCCCOCC(CCCCCC)C(=O)CCCCCCC)CC(O)CO. The number of rotatable bonds is 44. The Hall–Kier alpha value is -1.02. The first-order chi connectivity index (χ1) is 26.4. The summed E-state index contributed by atoms with van der Waals surface area (Å²) in [5, 5.41) is 19.6. The molecule has 7 nitrogen and oxygen atoms in total. The molecule has 0 saturated carbocycles. The number of ether oxygens (including phenoxy) is 2. The van der Waals surface area contributed by atoms with Crippen molar-refractivity contribution in [2.75, 3.05) is 46.1 Å². The van der Waals surface area contributed by atoms with Crippen LogP contribution in [0.1, 0.15) is 227 Å². The van der Waals surface area contributed by atoms with Crippen LogP contribution in [0.2, 0.25) is 0 Å². The van der Waals surface area contributed by atoms with Gasteiger partial charge in [-0.2, -0.15) is 0 Å². The Morgan fingerprint density at radius 1 is 0.519 bits per heavy atom. The minimum Gasteiger partial charge on any atom is -0.465 e. The quantitative estimate of drug-likeness (QED) is 0.0471. The second kappa shape index (κ2) is 41.6. The van der Waals surface area contributed by atoms with Crippen LogP contribution >= 0.6 is 0 Å². The number of carbonyl (C=O) groups excluding carboxylic acids is 2. The highest BCUT2D eigenvalue weighted by molar-refractivity contribution is 5.81. The molecule has 0 aromatic rings. The van der Waals surface area contributed by atoms with Gasteiger partial charge in [-0.3, -0.25) is 9.59 Å². The molecule has 0 aromatic carbocycles. The van der Waals surface area contributed by atoms with Crippen molar-refractivity contribution < 1.29 is 29.3 Å². The van der Waals surface area contributed by atoms with Gasteiger partial charge in [-0.15, -0.1) is 0 Å². The monoisotopic (exact) mass is 768 g/mol. The van der Waals surface area contributed by atoms with Crippen LogP contribution in [0, 0.1) is 11.8 Å². The molecule has 7 heteroatoms. The Balaban J connectivity index is 4.37. The van der Waals surface area contributed by atoms with Gasteiger partial charge >= 0.3 is 5.97 Å². The summed E-state index contributed by atoms with van der Waals surface area (Å²) in [6.45, 7) is 12.9. The molecule has 322 valence electrons. The van der Waals surface area contributed by atoms with Crippen LogP contribution in [0.5, 0.6) is 0 Å². The number of carbonyl (C=O) groups is 2. The molecule has 3 atom stereocenters. The van der Waals surface area contributed by atoms with Gasteiger partial charge in [-0.25, -0.2) is 0 Å². The van der Waals surface area contributed by atoms with Crippen LogP contribution in [0.15, 0.2) is 0 Å². The van der Waals surface area contributed by atoms with Crippen molar-refractivity contribution in [3.05, 3.63) is 0 Å².